The summed E-state index contributed by atoms with van der Waals surface area (Å²) in [7, 11) is 0. The molecule has 24 heavy (non-hydrogen) atoms. The zero-order chi connectivity index (χ0) is 17.9. The fourth-order valence-corrected chi connectivity index (χ4v) is 2.13. The molecule has 4 nitrogen and oxygen atoms in total. The number of hydrogen-bond donors (Lipinski definition) is 2. The van der Waals surface area contributed by atoms with E-state index in [0.29, 0.717) is 0 Å². The number of anilines is 1. The van der Waals surface area contributed by atoms with Crippen LogP contribution in [0.1, 0.15) is 34.6 Å². The molecule has 0 unspecified atom stereocenters. The second kappa shape index (κ2) is 7.40. The van der Waals surface area contributed by atoms with Crippen molar-refractivity contribution in [2.45, 2.75) is 19.9 Å². The zero-order valence-corrected chi connectivity index (χ0v) is 13.7. The van der Waals surface area contributed by atoms with Crippen molar-refractivity contribution in [3.63, 3.8) is 0 Å². The Morgan fingerprint density at radius 1 is 1.04 bits per heavy atom. The van der Waals surface area contributed by atoms with Crippen molar-refractivity contribution < 1.29 is 18.4 Å². The largest absolute Gasteiger partial charge is 0.350 e. The van der Waals surface area contributed by atoms with E-state index in [0.717, 1.165) is 18.2 Å². The van der Waals surface area contributed by atoms with Gasteiger partial charge >= 0.3 is 0 Å². The van der Waals surface area contributed by atoms with Gasteiger partial charge in [-0.05, 0) is 50.2 Å². The number of hydrogen-bond acceptors (Lipinski definition) is 2. The third kappa shape index (κ3) is 4.29. The molecule has 2 rings (SSSR count). The molecule has 2 N–H and O–H groups in total. The van der Waals surface area contributed by atoms with Crippen molar-refractivity contribution in [1.29, 1.82) is 0 Å². The lowest BCUT2D eigenvalue weighted by atomic mass is 10.1. The fraction of sp³-hybridized carbons (Fsp3) is 0.176. The monoisotopic (exact) mass is 352 g/mol. The minimum atomic E-state index is -0.865. The van der Waals surface area contributed by atoms with E-state index in [4.69, 9.17) is 11.6 Å². The van der Waals surface area contributed by atoms with Crippen LogP contribution in [-0.4, -0.2) is 17.9 Å². The minimum Gasteiger partial charge on any atom is -0.350 e. The molecule has 0 saturated heterocycles. The fourth-order valence-electron chi connectivity index (χ4n) is 1.97. The average molecular weight is 353 g/mol. The highest BCUT2D eigenvalue weighted by molar-refractivity contribution is 6.34. The van der Waals surface area contributed by atoms with Crippen LogP contribution in [0.4, 0.5) is 14.5 Å². The lowest BCUT2D eigenvalue weighted by Gasteiger charge is -2.12. The van der Waals surface area contributed by atoms with Crippen LogP contribution in [0.3, 0.4) is 0 Å². The van der Waals surface area contributed by atoms with Crippen LogP contribution < -0.4 is 10.6 Å². The number of nitrogens with one attached hydrogen (secondary N) is 2. The average Bonchev–Trinajstić information content (AvgIpc) is 2.51. The summed E-state index contributed by atoms with van der Waals surface area (Å²) >= 11 is 5.99. The smallest absolute Gasteiger partial charge is 0.258 e. The van der Waals surface area contributed by atoms with Gasteiger partial charge in [0, 0.05) is 11.6 Å². The predicted octanol–water partition coefficient (Wildman–Crippen LogP) is 4.01. The molecule has 0 aromatic heterocycles. The second-order valence-corrected chi connectivity index (χ2v) is 5.81. The van der Waals surface area contributed by atoms with E-state index in [1.807, 2.05) is 13.8 Å². The third-order valence-corrected chi connectivity index (χ3v) is 3.40. The molecule has 0 radical (unpaired) electrons. The summed E-state index contributed by atoms with van der Waals surface area (Å²) in [6, 6.07) is 6.80. The number of benzene rings is 2. The molecule has 0 aliphatic carbocycles. The summed E-state index contributed by atoms with van der Waals surface area (Å²) in [5.41, 5.74) is -0.0482. The molecule has 2 aromatic rings. The molecular weight excluding hydrogens is 338 g/mol. The second-order valence-electron chi connectivity index (χ2n) is 5.40. The molecule has 2 aromatic carbocycles. The van der Waals surface area contributed by atoms with E-state index < -0.39 is 23.1 Å². The van der Waals surface area contributed by atoms with Gasteiger partial charge in [0.05, 0.1) is 16.3 Å². The van der Waals surface area contributed by atoms with Crippen LogP contribution in [0.15, 0.2) is 36.4 Å². The summed E-state index contributed by atoms with van der Waals surface area (Å²) < 4.78 is 26.8. The van der Waals surface area contributed by atoms with Gasteiger partial charge in [0.15, 0.2) is 0 Å². The molecule has 0 fully saturated rings. The number of halogens is 3. The van der Waals surface area contributed by atoms with Gasteiger partial charge < -0.3 is 10.6 Å². The van der Waals surface area contributed by atoms with Crippen molar-refractivity contribution in [3.05, 3.63) is 64.2 Å². The van der Waals surface area contributed by atoms with Gasteiger partial charge in [0.1, 0.15) is 11.6 Å². The quantitative estimate of drug-likeness (QED) is 0.873. The van der Waals surface area contributed by atoms with Crippen molar-refractivity contribution in [2.75, 3.05) is 5.32 Å². The normalized spacial score (nSPS) is 10.6. The summed E-state index contributed by atoms with van der Waals surface area (Å²) in [5.74, 6) is -2.80. The van der Waals surface area contributed by atoms with Crippen LogP contribution >= 0.6 is 11.6 Å². The van der Waals surface area contributed by atoms with E-state index in [1.54, 1.807) is 0 Å². The maximum atomic E-state index is 13.6. The van der Waals surface area contributed by atoms with Gasteiger partial charge in [-0.3, -0.25) is 9.59 Å². The van der Waals surface area contributed by atoms with E-state index in [1.165, 1.54) is 18.2 Å². The Morgan fingerprint density at radius 2 is 1.75 bits per heavy atom. The molecule has 0 heterocycles. The van der Waals surface area contributed by atoms with Crippen LogP contribution in [0.5, 0.6) is 0 Å². The zero-order valence-electron chi connectivity index (χ0n) is 13.0. The molecular formula is C17H15ClF2N2O2. The van der Waals surface area contributed by atoms with Crippen molar-refractivity contribution in [2.24, 2.45) is 0 Å². The van der Waals surface area contributed by atoms with Crippen molar-refractivity contribution in [1.82, 2.24) is 5.32 Å². The maximum absolute atomic E-state index is 13.6. The Kier molecular flexibility index (Phi) is 5.51. The molecule has 0 atom stereocenters. The third-order valence-electron chi connectivity index (χ3n) is 3.07. The Balaban J connectivity index is 2.27. The first kappa shape index (κ1) is 17.9. The van der Waals surface area contributed by atoms with Gasteiger partial charge in [-0.15, -0.1) is 0 Å². The molecule has 0 aliphatic heterocycles. The van der Waals surface area contributed by atoms with Crippen LogP contribution in [0.2, 0.25) is 5.02 Å². The maximum Gasteiger partial charge on any atom is 0.258 e. The number of carbonyl (C=O) groups excluding carboxylic acids is 2. The highest BCUT2D eigenvalue weighted by atomic mass is 35.5. The van der Waals surface area contributed by atoms with Crippen LogP contribution in [0.25, 0.3) is 0 Å². The molecule has 0 spiro atoms. The van der Waals surface area contributed by atoms with E-state index in [9.17, 15) is 18.4 Å². The Bertz CT molecular complexity index is 794. The topological polar surface area (TPSA) is 58.2 Å². The highest BCUT2D eigenvalue weighted by Crippen LogP contribution is 2.24. The molecule has 7 heteroatoms. The van der Waals surface area contributed by atoms with Crippen LogP contribution in [0, 0.1) is 11.6 Å². The standard InChI is InChI=1S/C17H15ClF2N2O2/c1-9(2)21-16(23)10-3-5-13(18)15(7-10)22-17(24)12-8-11(19)4-6-14(12)20/h3-9H,1-2H3,(H,21,23)(H,22,24). The first-order chi connectivity index (χ1) is 11.3. The van der Waals surface area contributed by atoms with Gasteiger partial charge in [-0.25, -0.2) is 8.78 Å². The van der Waals surface area contributed by atoms with E-state index in [2.05, 4.69) is 10.6 Å². The van der Waals surface area contributed by atoms with Gasteiger partial charge in [-0.1, -0.05) is 11.6 Å². The SMILES string of the molecule is CC(C)NC(=O)c1ccc(Cl)c(NC(=O)c2cc(F)ccc2F)c1. The van der Waals surface area contributed by atoms with E-state index in [-0.39, 0.29) is 28.2 Å². The Morgan fingerprint density at radius 3 is 2.42 bits per heavy atom. The molecule has 126 valence electrons. The highest BCUT2D eigenvalue weighted by Gasteiger charge is 2.16. The number of amides is 2. The van der Waals surface area contributed by atoms with Gasteiger partial charge in [-0.2, -0.15) is 0 Å². The van der Waals surface area contributed by atoms with Gasteiger partial charge in [0.2, 0.25) is 0 Å². The van der Waals surface area contributed by atoms with Crippen LogP contribution in [-0.2, 0) is 0 Å². The lowest BCUT2D eigenvalue weighted by molar-refractivity contribution is 0.0941. The molecule has 0 saturated carbocycles. The van der Waals surface area contributed by atoms with Crippen molar-refractivity contribution in [3.8, 4) is 0 Å². The van der Waals surface area contributed by atoms with E-state index >= 15 is 0 Å². The summed E-state index contributed by atoms with van der Waals surface area (Å²) in [4.78, 5) is 24.1. The predicted molar refractivity (Wildman–Crippen MR) is 88.4 cm³/mol. The number of rotatable bonds is 4. The molecule has 0 bridgehead atoms. The van der Waals surface area contributed by atoms with Gasteiger partial charge in [0.25, 0.3) is 11.8 Å². The molecule has 2 amide bonds. The lowest BCUT2D eigenvalue weighted by Crippen LogP contribution is -2.30. The summed E-state index contributed by atoms with van der Waals surface area (Å²) in [5, 5.41) is 5.26. The first-order valence-electron chi connectivity index (χ1n) is 7.14. The number of carbonyl (C=O) groups is 2. The summed E-state index contributed by atoms with van der Waals surface area (Å²) in [6.45, 7) is 3.62. The van der Waals surface area contributed by atoms with Crippen molar-refractivity contribution >= 4 is 29.1 Å². The first-order valence-corrected chi connectivity index (χ1v) is 7.52. The Labute approximate surface area is 142 Å². The molecule has 0 aliphatic rings. The summed E-state index contributed by atoms with van der Waals surface area (Å²) in [6.07, 6.45) is 0. The Hall–Kier alpha value is -2.47. The minimum absolute atomic E-state index is 0.0624.